The highest BCUT2D eigenvalue weighted by Gasteiger charge is 2.42. The van der Waals surface area contributed by atoms with Crippen molar-refractivity contribution in [1.29, 1.82) is 0 Å². The van der Waals surface area contributed by atoms with Gasteiger partial charge in [-0.3, -0.25) is 71.9 Å². The van der Waals surface area contributed by atoms with Gasteiger partial charge < -0.3 is 89.2 Å². The van der Waals surface area contributed by atoms with Gasteiger partial charge in [-0.1, -0.05) is 169 Å². The normalized spacial score (nSPS) is 20.2. The van der Waals surface area contributed by atoms with Crippen molar-refractivity contribution < 1.29 is 86.9 Å². The standard InChI is InChI=1S/C79H102N16O18/c1-8-46(6)67(77(110)91-57(37-52-40-80-43-83-52)72(105)87-55(34-49-24-15-10-16-25-49)71(104)92-60(79(112)113)39-65(99)100)94-74(107)56(35-50-26-17-11-18-27-50)89-70(103)54(33-48-22-13-9-14-23-48)88-73(106)58-38-62(96)81-41-64(98)93-66(45(4)5)76(109)82-42-63(97)85-59(36-51-28-19-12-20-29-51)78(111)95-31-21-30-61(95)75(108)90-53(32-44(2)3)69(102)84-47(7)68(101)86-58/h9-20,22-29,40,43-47,53-61,66-67H,8,21,30-39,41-42H2,1-7H3,(H,80,83)(H,81,96)(H,82,109)(H,84,102)(H,85,97)(H,86,101)(H,87,105)(H,88,106)(H,89,103)(H,90,108)(H,91,110)(H,92,104)(H,93,98)(H,94,107)(H,99,100)(H,112,113)/t46-,47+,53-,54-,55-,56-,57-,58+,59-,60-,61-,66-,67-/m0/s1. The summed E-state index contributed by atoms with van der Waals surface area (Å²) in [6.07, 6.45) is 0.553. The Morgan fingerprint density at radius 1 is 0.522 bits per heavy atom. The summed E-state index contributed by atoms with van der Waals surface area (Å²) in [4.78, 5) is 234. The van der Waals surface area contributed by atoms with Gasteiger partial charge in [-0.2, -0.15) is 0 Å². The highest BCUT2D eigenvalue weighted by molar-refractivity contribution is 6.01. The second-order valence-electron chi connectivity index (χ2n) is 28.9. The molecule has 0 aliphatic carbocycles. The zero-order valence-electron chi connectivity index (χ0n) is 64.1. The van der Waals surface area contributed by atoms with Gasteiger partial charge in [-0.25, -0.2) is 9.78 Å². The number of benzene rings is 4. The van der Waals surface area contributed by atoms with E-state index in [1.165, 1.54) is 24.3 Å². The van der Waals surface area contributed by atoms with Crippen LogP contribution >= 0.6 is 0 Å². The van der Waals surface area contributed by atoms with Gasteiger partial charge in [-0.05, 0) is 66.2 Å². The number of hydrogen-bond acceptors (Lipinski definition) is 17. The Hall–Kier alpha value is -12.4. The van der Waals surface area contributed by atoms with E-state index >= 15 is 14.4 Å². The molecule has 0 bridgehead atoms. The predicted octanol–water partition coefficient (Wildman–Crippen LogP) is -0.790. The molecule has 113 heavy (non-hydrogen) atoms. The zero-order valence-corrected chi connectivity index (χ0v) is 64.1. The molecule has 14 amide bonds. The maximum atomic E-state index is 15.3. The lowest BCUT2D eigenvalue weighted by atomic mass is 9.96. The topological polar surface area (TPSA) is 502 Å². The molecule has 5 aromatic rings. The van der Waals surface area contributed by atoms with E-state index in [4.69, 9.17) is 0 Å². The predicted molar refractivity (Wildman–Crippen MR) is 409 cm³/mol. The third kappa shape index (κ3) is 27.8. The van der Waals surface area contributed by atoms with Crippen LogP contribution in [0.25, 0.3) is 0 Å². The minimum absolute atomic E-state index is 0.00796. The minimum Gasteiger partial charge on any atom is -0.481 e. The molecule has 0 radical (unpaired) electrons. The van der Waals surface area contributed by atoms with Gasteiger partial charge in [0.1, 0.15) is 72.5 Å². The maximum Gasteiger partial charge on any atom is 0.326 e. The van der Waals surface area contributed by atoms with E-state index in [0.717, 1.165) is 0 Å². The van der Waals surface area contributed by atoms with E-state index < -0.39 is 205 Å². The lowest BCUT2D eigenvalue weighted by Crippen LogP contribution is -2.62. The van der Waals surface area contributed by atoms with Crippen molar-refractivity contribution in [3.05, 3.63) is 162 Å². The summed E-state index contributed by atoms with van der Waals surface area (Å²) in [6, 6.07) is 15.5. The third-order valence-corrected chi connectivity index (χ3v) is 19.1. The molecule has 0 unspecified atom stereocenters. The first-order valence-corrected chi connectivity index (χ1v) is 37.6. The molecule has 34 nitrogen and oxygen atoms in total. The number of hydrogen-bond donors (Lipinski definition) is 16. The molecule has 2 saturated heterocycles. The number of nitrogens with zero attached hydrogens (tertiary/aromatic N) is 2. The highest BCUT2D eigenvalue weighted by atomic mass is 16.4. The van der Waals surface area contributed by atoms with Crippen LogP contribution < -0.4 is 69.1 Å². The Morgan fingerprint density at radius 2 is 1.02 bits per heavy atom. The van der Waals surface area contributed by atoms with Gasteiger partial charge in [0, 0.05) is 44.8 Å². The molecule has 16 N–H and O–H groups in total. The van der Waals surface area contributed by atoms with Crippen LogP contribution in [-0.4, -0.2) is 212 Å². The lowest BCUT2D eigenvalue weighted by Gasteiger charge is -2.30. The quantitative estimate of drug-likeness (QED) is 0.0268. The van der Waals surface area contributed by atoms with Crippen molar-refractivity contribution in [1.82, 2.24) is 84.0 Å². The Morgan fingerprint density at radius 3 is 1.52 bits per heavy atom. The number of aliphatic carboxylic acids is 2. The summed E-state index contributed by atoms with van der Waals surface area (Å²) in [6.45, 7) is 10.1. The summed E-state index contributed by atoms with van der Waals surface area (Å²) in [5.41, 5.74) is 2.38. The number of aromatic amines is 1. The lowest BCUT2D eigenvalue weighted by molar-refractivity contribution is -0.147. The Labute approximate surface area is 653 Å². The summed E-state index contributed by atoms with van der Waals surface area (Å²) in [5.74, 6) is -17.5. The van der Waals surface area contributed by atoms with Crippen molar-refractivity contribution in [2.45, 2.75) is 192 Å². The second kappa shape index (κ2) is 43.3. The molecule has 1 aromatic heterocycles. The van der Waals surface area contributed by atoms with Gasteiger partial charge in [0.05, 0.1) is 38.0 Å². The monoisotopic (exact) mass is 1560 g/mol. The van der Waals surface area contributed by atoms with Crippen molar-refractivity contribution in [3.63, 3.8) is 0 Å². The third-order valence-electron chi connectivity index (χ3n) is 19.1. The van der Waals surface area contributed by atoms with Gasteiger partial charge in [-0.15, -0.1) is 0 Å². The molecular weight excluding hydrogens is 1460 g/mol. The molecule has 3 heterocycles. The molecule has 606 valence electrons. The van der Waals surface area contributed by atoms with Crippen molar-refractivity contribution in [2.24, 2.45) is 17.8 Å². The molecule has 0 spiro atoms. The van der Waals surface area contributed by atoms with Crippen LogP contribution in [0.15, 0.2) is 134 Å². The molecule has 2 aliphatic heterocycles. The molecule has 7 rings (SSSR count). The molecule has 0 saturated carbocycles. The summed E-state index contributed by atoms with van der Waals surface area (Å²) in [7, 11) is 0. The number of carbonyl (C=O) groups excluding carboxylic acids is 14. The Kier molecular flexibility index (Phi) is 33.6. The largest absolute Gasteiger partial charge is 0.481 e. The first-order valence-electron chi connectivity index (χ1n) is 37.6. The Balaban J connectivity index is 1.17. The van der Waals surface area contributed by atoms with Crippen molar-refractivity contribution in [3.8, 4) is 0 Å². The van der Waals surface area contributed by atoms with Gasteiger partial charge in [0.2, 0.25) is 82.7 Å². The van der Waals surface area contributed by atoms with E-state index in [0.29, 0.717) is 28.7 Å². The van der Waals surface area contributed by atoms with Crippen LogP contribution in [0, 0.1) is 17.8 Å². The Bertz CT molecular complexity index is 4140. The van der Waals surface area contributed by atoms with Crippen LogP contribution in [0.5, 0.6) is 0 Å². The number of carboxylic acid groups (broad SMARTS) is 2. The first kappa shape index (κ1) is 87.8. The minimum atomic E-state index is -1.93. The number of amides is 14. The number of imidazole rings is 1. The second-order valence-corrected chi connectivity index (χ2v) is 28.9. The first-order chi connectivity index (χ1) is 53.9. The SMILES string of the molecule is CC[C@H](C)[C@H](NC(=O)[C@H](Cc1ccccc1)NC(=O)[C@H](Cc1ccccc1)NC(=O)[C@H]1CC(=O)NCC(=O)N[C@@H](C(C)C)C(=O)NCC(=O)N[C@@H](Cc2ccccc2)C(=O)N2CCC[C@H]2C(=O)N[C@@H](CC(C)C)C(=O)N[C@H](C)C(=O)N1)C(=O)N[C@@H](Cc1c[nH]cn1)C(=O)N[C@@H](Cc1ccccc1)C(=O)N[C@@H](CC(=O)O)C(=O)O. The van der Waals surface area contributed by atoms with E-state index in [9.17, 15) is 72.5 Å². The van der Waals surface area contributed by atoms with Gasteiger partial charge in [0.15, 0.2) is 0 Å². The number of nitrogens with one attached hydrogen (secondary N) is 14. The van der Waals surface area contributed by atoms with Crippen molar-refractivity contribution in [2.75, 3.05) is 19.6 Å². The number of carbonyl (C=O) groups is 16. The number of carboxylic acids is 2. The van der Waals surface area contributed by atoms with E-state index in [1.54, 1.807) is 163 Å². The molecular formula is C79H102N16O18. The van der Waals surface area contributed by atoms with Crippen LogP contribution in [0.1, 0.15) is 115 Å². The van der Waals surface area contributed by atoms with Crippen LogP contribution in [0.4, 0.5) is 0 Å². The molecule has 2 fully saturated rings. The molecule has 34 heteroatoms. The van der Waals surface area contributed by atoms with Crippen LogP contribution in [-0.2, 0) is 109 Å². The van der Waals surface area contributed by atoms with Crippen molar-refractivity contribution >= 4 is 94.6 Å². The average molecular weight is 1560 g/mol. The fourth-order valence-electron chi connectivity index (χ4n) is 12.8. The summed E-state index contributed by atoms with van der Waals surface area (Å²) in [5, 5.41) is 52.8. The number of fused-ring (bicyclic) bond motifs is 1. The van der Waals surface area contributed by atoms with Gasteiger partial charge in [0.25, 0.3) is 0 Å². The molecule has 13 atom stereocenters. The molecule has 2 aliphatic rings. The maximum absolute atomic E-state index is 15.3. The van der Waals surface area contributed by atoms with E-state index in [-0.39, 0.29) is 69.5 Å². The van der Waals surface area contributed by atoms with Crippen LogP contribution in [0.2, 0.25) is 0 Å². The fourth-order valence-corrected chi connectivity index (χ4v) is 12.8. The number of rotatable bonds is 30. The van der Waals surface area contributed by atoms with Crippen LogP contribution in [0.3, 0.4) is 0 Å². The number of aromatic nitrogens is 2. The molecule has 4 aromatic carbocycles. The van der Waals surface area contributed by atoms with Gasteiger partial charge >= 0.3 is 11.9 Å². The highest BCUT2D eigenvalue weighted by Crippen LogP contribution is 2.22. The summed E-state index contributed by atoms with van der Waals surface area (Å²) < 4.78 is 0. The van der Waals surface area contributed by atoms with E-state index in [1.807, 2.05) is 0 Å². The fraction of sp³-hybridized carbons (Fsp3) is 0.456. The zero-order chi connectivity index (χ0) is 82.4. The van der Waals surface area contributed by atoms with E-state index in [2.05, 4.69) is 79.1 Å². The number of H-pyrrole nitrogens is 1. The smallest absolute Gasteiger partial charge is 0.326 e. The average Bonchev–Trinajstić information content (AvgIpc) is 1.81. The summed E-state index contributed by atoms with van der Waals surface area (Å²) >= 11 is 0.